The summed E-state index contributed by atoms with van der Waals surface area (Å²) in [6.45, 7) is 3.22. The van der Waals surface area contributed by atoms with Gasteiger partial charge in [-0.3, -0.25) is 0 Å². The molecule has 0 saturated heterocycles. The average molecular weight is 324 g/mol. The maximum Gasteiger partial charge on any atom is 0.107 e. The van der Waals surface area contributed by atoms with E-state index in [1.165, 1.54) is 0 Å². The molecule has 2 aromatic carbocycles. The quantitative estimate of drug-likeness (QED) is 0.722. The standard InChI is InChI=1S/C19H20N2OS/c1-14-6-5-9-16(10-14)18(22)11-20-12-19-21-17(13-23-19)15-7-3-2-4-8-15/h2-10,13,18,20,22H,11-12H2,1H3. The van der Waals surface area contributed by atoms with Crippen molar-refractivity contribution in [1.82, 2.24) is 10.3 Å². The Morgan fingerprint density at radius 1 is 1.13 bits per heavy atom. The van der Waals surface area contributed by atoms with Crippen molar-refractivity contribution in [1.29, 1.82) is 0 Å². The highest BCUT2D eigenvalue weighted by Crippen LogP contribution is 2.21. The Bertz CT molecular complexity index is 755. The van der Waals surface area contributed by atoms with Gasteiger partial charge in [-0.1, -0.05) is 60.2 Å². The second kappa shape index (κ2) is 7.51. The molecule has 1 heterocycles. The first-order valence-corrected chi connectivity index (χ1v) is 8.55. The Labute approximate surface area is 140 Å². The molecular formula is C19H20N2OS. The Morgan fingerprint density at radius 3 is 2.74 bits per heavy atom. The third kappa shape index (κ3) is 4.26. The molecule has 3 aromatic rings. The highest BCUT2D eigenvalue weighted by Gasteiger charge is 2.08. The molecule has 0 aliphatic carbocycles. The van der Waals surface area contributed by atoms with Gasteiger partial charge in [-0.25, -0.2) is 4.98 Å². The first-order chi connectivity index (χ1) is 11.2. The molecule has 0 radical (unpaired) electrons. The van der Waals surface area contributed by atoms with Crippen molar-refractivity contribution in [2.75, 3.05) is 6.54 Å². The lowest BCUT2D eigenvalue weighted by Gasteiger charge is -2.12. The summed E-state index contributed by atoms with van der Waals surface area (Å²) >= 11 is 1.64. The van der Waals surface area contributed by atoms with Crippen molar-refractivity contribution in [2.45, 2.75) is 19.6 Å². The molecule has 1 unspecified atom stereocenters. The number of nitrogens with one attached hydrogen (secondary N) is 1. The second-order valence-corrected chi connectivity index (χ2v) is 6.50. The summed E-state index contributed by atoms with van der Waals surface area (Å²) in [5, 5.41) is 16.6. The minimum Gasteiger partial charge on any atom is -0.387 e. The molecule has 2 N–H and O–H groups in total. The van der Waals surface area contributed by atoms with E-state index in [4.69, 9.17) is 0 Å². The Hall–Kier alpha value is -2.01. The van der Waals surface area contributed by atoms with Crippen LogP contribution in [0.15, 0.2) is 60.0 Å². The maximum atomic E-state index is 10.2. The van der Waals surface area contributed by atoms with E-state index in [1.54, 1.807) is 11.3 Å². The zero-order chi connectivity index (χ0) is 16.1. The average Bonchev–Trinajstić information content (AvgIpc) is 3.04. The van der Waals surface area contributed by atoms with Crippen molar-refractivity contribution < 1.29 is 5.11 Å². The first-order valence-electron chi connectivity index (χ1n) is 7.67. The van der Waals surface area contributed by atoms with Gasteiger partial charge in [0.1, 0.15) is 5.01 Å². The molecular weight excluding hydrogens is 304 g/mol. The summed E-state index contributed by atoms with van der Waals surface area (Å²) in [4.78, 5) is 4.64. The molecule has 3 nitrogen and oxygen atoms in total. The van der Waals surface area contributed by atoms with Crippen LogP contribution >= 0.6 is 11.3 Å². The number of nitrogens with zero attached hydrogens (tertiary/aromatic N) is 1. The summed E-state index contributed by atoms with van der Waals surface area (Å²) in [7, 11) is 0. The molecule has 0 aliphatic rings. The van der Waals surface area contributed by atoms with Gasteiger partial charge in [0.15, 0.2) is 0 Å². The zero-order valence-corrected chi connectivity index (χ0v) is 13.9. The molecule has 1 aromatic heterocycles. The predicted molar refractivity (Wildman–Crippen MR) is 95.4 cm³/mol. The van der Waals surface area contributed by atoms with E-state index in [0.717, 1.165) is 27.4 Å². The summed E-state index contributed by atoms with van der Waals surface area (Å²) in [6, 6.07) is 18.1. The van der Waals surface area contributed by atoms with Gasteiger partial charge >= 0.3 is 0 Å². The lowest BCUT2D eigenvalue weighted by Crippen LogP contribution is -2.21. The van der Waals surface area contributed by atoms with E-state index in [1.807, 2.05) is 49.4 Å². The largest absolute Gasteiger partial charge is 0.387 e. The smallest absolute Gasteiger partial charge is 0.107 e. The van der Waals surface area contributed by atoms with E-state index in [9.17, 15) is 5.11 Å². The molecule has 0 saturated carbocycles. The topological polar surface area (TPSA) is 45.1 Å². The van der Waals surface area contributed by atoms with Crippen LogP contribution in [0.3, 0.4) is 0 Å². The van der Waals surface area contributed by atoms with Gasteiger partial charge in [-0.15, -0.1) is 11.3 Å². The number of hydrogen-bond acceptors (Lipinski definition) is 4. The summed E-state index contributed by atoms with van der Waals surface area (Å²) in [5.41, 5.74) is 4.25. The van der Waals surface area contributed by atoms with E-state index in [2.05, 4.69) is 27.8 Å². The van der Waals surface area contributed by atoms with Gasteiger partial charge in [0.25, 0.3) is 0 Å². The number of rotatable bonds is 6. The van der Waals surface area contributed by atoms with Gasteiger partial charge in [-0.05, 0) is 12.5 Å². The molecule has 0 fully saturated rings. The van der Waals surface area contributed by atoms with Crippen LogP contribution in [0.2, 0.25) is 0 Å². The van der Waals surface area contributed by atoms with Crippen molar-refractivity contribution in [3.8, 4) is 11.3 Å². The number of aryl methyl sites for hydroxylation is 1. The van der Waals surface area contributed by atoms with Crippen LogP contribution in [0.25, 0.3) is 11.3 Å². The normalized spacial score (nSPS) is 12.3. The molecule has 3 rings (SSSR count). The number of hydrogen-bond donors (Lipinski definition) is 2. The zero-order valence-electron chi connectivity index (χ0n) is 13.1. The van der Waals surface area contributed by atoms with Gasteiger partial charge in [0, 0.05) is 24.0 Å². The Morgan fingerprint density at radius 2 is 1.96 bits per heavy atom. The van der Waals surface area contributed by atoms with Crippen LogP contribution in [0.5, 0.6) is 0 Å². The summed E-state index contributed by atoms with van der Waals surface area (Å²) in [6.07, 6.45) is -0.497. The molecule has 0 amide bonds. The third-order valence-corrected chi connectivity index (χ3v) is 4.51. The van der Waals surface area contributed by atoms with Crippen LogP contribution in [0, 0.1) is 6.92 Å². The number of benzene rings is 2. The van der Waals surface area contributed by atoms with Crippen LogP contribution < -0.4 is 5.32 Å². The molecule has 23 heavy (non-hydrogen) atoms. The molecule has 0 aliphatic heterocycles. The lowest BCUT2D eigenvalue weighted by molar-refractivity contribution is 0.174. The molecule has 1 atom stereocenters. The number of aliphatic hydroxyl groups excluding tert-OH is 1. The molecule has 0 spiro atoms. The minimum atomic E-state index is -0.497. The number of thiazole rings is 1. The predicted octanol–water partition coefficient (Wildman–Crippen LogP) is 3.94. The number of aliphatic hydroxyl groups is 1. The van der Waals surface area contributed by atoms with E-state index in [-0.39, 0.29) is 0 Å². The fourth-order valence-corrected chi connectivity index (χ4v) is 3.22. The van der Waals surface area contributed by atoms with E-state index < -0.39 is 6.10 Å². The van der Waals surface area contributed by atoms with E-state index >= 15 is 0 Å². The lowest BCUT2D eigenvalue weighted by atomic mass is 10.1. The van der Waals surface area contributed by atoms with Crippen molar-refractivity contribution >= 4 is 11.3 Å². The summed E-state index contributed by atoms with van der Waals surface area (Å²) in [5.74, 6) is 0. The molecule has 118 valence electrons. The molecule has 0 bridgehead atoms. The van der Waals surface area contributed by atoms with Crippen molar-refractivity contribution in [3.05, 3.63) is 76.1 Å². The first kappa shape index (κ1) is 15.9. The number of aromatic nitrogens is 1. The summed E-state index contributed by atoms with van der Waals surface area (Å²) < 4.78 is 0. The van der Waals surface area contributed by atoms with Crippen LogP contribution in [-0.4, -0.2) is 16.6 Å². The minimum absolute atomic E-state index is 0.497. The Kier molecular flexibility index (Phi) is 5.18. The van der Waals surface area contributed by atoms with Gasteiger partial charge in [-0.2, -0.15) is 0 Å². The van der Waals surface area contributed by atoms with Crippen molar-refractivity contribution in [3.63, 3.8) is 0 Å². The van der Waals surface area contributed by atoms with E-state index in [0.29, 0.717) is 13.1 Å². The SMILES string of the molecule is Cc1cccc(C(O)CNCc2nc(-c3ccccc3)cs2)c1. The highest BCUT2D eigenvalue weighted by atomic mass is 32.1. The van der Waals surface area contributed by atoms with Crippen LogP contribution in [0.4, 0.5) is 0 Å². The van der Waals surface area contributed by atoms with Gasteiger partial charge < -0.3 is 10.4 Å². The van der Waals surface area contributed by atoms with Crippen molar-refractivity contribution in [2.24, 2.45) is 0 Å². The second-order valence-electron chi connectivity index (χ2n) is 5.55. The Balaban J connectivity index is 1.54. The van der Waals surface area contributed by atoms with Gasteiger partial charge in [0.05, 0.1) is 11.8 Å². The highest BCUT2D eigenvalue weighted by molar-refractivity contribution is 7.09. The monoisotopic (exact) mass is 324 g/mol. The molecule has 4 heteroatoms. The maximum absolute atomic E-state index is 10.2. The fraction of sp³-hybridized carbons (Fsp3) is 0.211. The third-order valence-electron chi connectivity index (χ3n) is 3.66. The van der Waals surface area contributed by atoms with Crippen LogP contribution in [0.1, 0.15) is 22.2 Å². The van der Waals surface area contributed by atoms with Crippen LogP contribution in [-0.2, 0) is 6.54 Å². The van der Waals surface area contributed by atoms with Gasteiger partial charge in [0.2, 0.25) is 0 Å². The fourth-order valence-electron chi connectivity index (χ4n) is 2.44.